The molecule has 0 radical (unpaired) electrons. The molecule has 5 nitrogen and oxygen atoms in total. The van der Waals surface area contributed by atoms with Crippen molar-refractivity contribution in [1.82, 2.24) is 0 Å². The van der Waals surface area contributed by atoms with E-state index < -0.39 is 12.0 Å². The van der Waals surface area contributed by atoms with Crippen molar-refractivity contribution < 1.29 is 14.6 Å². The first-order valence-electron chi connectivity index (χ1n) is 5.33. The van der Waals surface area contributed by atoms with Crippen molar-refractivity contribution in [3.05, 3.63) is 23.3 Å². The fourth-order valence-electron chi connectivity index (χ4n) is 1.69. The van der Waals surface area contributed by atoms with Crippen molar-refractivity contribution in [3.63, 3.8) is 0 Å². The minimum Gasteiger partial charge on any atom is -0.496 e. The van der Waals surface area contributed by atoms with Crippen molar-refractivity contribution in [3.8, 4) is 5.75 Å². The van der Waals surface area contributed by atoms with Crippen LogP contribution in [0, 0.1) is 13.8 Å². The molecule has 0 amide bonds. The summed E-state index contributed by atoms with van der Waals surface area (Å²) in [7, 11) is 1.63. The molecule has 4 N–H and O–H groups in total. The molecule has 0 aliphatic carbocycles. The Morgan fingerprint density at radius 1 is 1.47 bits per heavy atom. The molecule has 0 aliphatic heterocycles. The molecule has 1 rings (SSSR count). The number of carboxylic acids is 1. The zero-order valence-electron chi connectivity index (χ0n) is 10.3. The fourth-order valence-corrected chi connectivity index (χ4v) is 1.69. The van der Waals surface area contributed by atoms with Crippen LogP contribution in [0.25, 0.3) is 0 Å². The molecule has 0 saturated heterocycles. The highest BCUT2D eigenvalue weighted by Gasteiger charge is 2.11. The van der Waals surface area contributed by atoms with Crippen LogP contribution in [0.15, 0.2) is 12.1 Å². The predicted molar refractivity (Wildman–Crippen MR) is 66.6 cm³/mol. The Balaban J connectivity index is 2.77. The van der Waals surface area contributed by atoms with Crippen molar-refractivity contribution in [1.29, 1.82) is 0 Å². The Kier molecular flexibility index (Phi) is 4.34. The van der Waals surface area contributed by atoms with Crippen LogP contribution in [0.4, 0.5) is 5.69 Å². The van der Waals surface area contributed by atoms with Crippen LogP contribution in [-0.2, 0) is 4.79 Å². The number of hydrogen-bond donors (Lipinski definition) is 3. The summed E-state index contributed by atoms with van der Waals surface area (Å²) >= 11 is 0. The highest BCUT2D eigenvalue weighted by molar-refractivity contribution is 5.74. The van der Waals surface area contributed by atoms with Gasteiger partial charge in [0, 0.05) is 12.2 Å². The third kappa shape index (κ3) is 3.35. The molecule has 0 fully saturated rings. The molecule has 1 aromatic carbocycles. The Hall–Kier alpha value is -1.75. The van der Waals surface area contributed by atoms with Gasteiger partial charge in [-0.25, -0.2) is 0 Å². The SMILES string of the molecule is COc1c(C)cc(NCC(N)C(=O)O)cc1C. The van der Waals surface area contributed by atoms with Crippen LogP contribution in [0.5, 0.6) is 5.75 Å². The number of anilines is 1. The van der Waals surface area contributed by atoms with Crippen LogP contribution in [0.3, 0.4) is 0 Å². The molecule has 1 unspecified atom stereocenters. The molecule has 0 aliphatic rings. The third-order valence-corrected chi connectivity index (χ3v) is 2.51. The largest absolute Gasteiger partial charge is 0.496 e. The molecular formula is C12H18N2O3. The van der Waals surface area contributed by atoms with Crippen molar-refractivity contribution in [2.24, 2.45) is 5.73 Å². The van der Waals surface area contributed by atoms with Crippen molar-refractivity contribution in [2.75, 3.05) is 19.0 Å². The highest BCUT2D eigenvalue weighted by atomic mass is 16.5. The standard InChI is InChI=1S/C12H18N2O3/c1-7-4-9(5-8(2)11(7)17-3)14-6-10(13)12(15)16/h4-5,10,14H,6,13H2,1-3H3,(H,15,16). The molecule has 0 heterocycles. The maximum absolute atomic E-state index is 10.6. The lowest BCUT2D eigenvalue weighted by atomic mass is 10.1. The van der Waals surface area contributed by atoms with E-state index in [-0.39, 0.29) is 6.54 Å². The van der Waals surface area contributed by atoms with E-state index >= 15 is 0 Å². The average Bonchev–Trinajstić information content (AvgIpc) is 2.25. The van der Waals surface area contributed by atoms with E-state index in [0.717, 1.165) is 22.6 Å². The number of carboxylic acid groups (broad SMARTS) is 1. The van der Waals surface area contributed by atoms with Gasteiger partial charge in [-0.15, -0.1) is 0 Å². The van der Waals surface area contributed by atoms with Gasteiger partial charge in [-0.05, 0) is 37.1 Å². The molecule has 94 valence electrons. The number of ether oxygens (including phenoxy) is 1. The molecule has 17 heavy (non-hydrogen) atoms. The molecule has 1 atom stereocenters. The van der Waals surface area contributed by atoms with Gasteiger partial charge in [-0.3, -0.25) is 4.79 Å². The smallest absolute Gasteiger partial charge is 0.322 e. The van der Waals surface area contributed by atoms with Gasteiger partial charge in [0.1, 0.15) is 11.8 Å². The molecule has 5 heteroatoms. The predicted octanol–water partition coefficient (Wildman–Crippen LogP) is 1.14. The van der Waals surface area contributed by atoms with E-state index in [4.69, 9.17) is 15.6 Å². The highest BCUT2D eigenvalue weighted by Crippen LogP contribution is 2.26. The molecular weight excluding hydrogens is 220 g/mol. The number of rotatable bonds is 5. The summed E-state index contributed by atoms with van der Waals surface area (Å²) in [5.41, 5.74) is 8.25. The van der Waals surface area contributed by atoms with Gasteiger partial charge in [0.05, 0.1) is 7.11 Å². The first kappa shape index (κ1) is 13.3. The summed E-state index contributed by atoms with van der Waals surface area (Å²) in [6.45, 7) is 4.07. The summed E-state index contributed by atoms with van der Waals surface area (Å²) < 4.78 is 5.25. The monoisotopic (exact) mass is 238 g/mol. The summed E-state index contributed by atoms with van der Waals surface area (Å²) in [5.74, 6) is -0.169. The van der Waals surface area contributed by atoms with E-state index in [2.05, 4.69) is 5.32 Å². The van der Waals surface area contributed by atoms with E-state index in [1.807, 2.05) is 26.0 Å². The number of hydrogen-bond acceptors (Lipinski definition) is 4. The number of benzene rings is 1. The fraction of sp³-hybridized carbons (Fsp3) is 0.417. The van der Waals surface area contributed by atoms with Crippen molar-refractivity contribution >= 4 is 11.7 Å². The van der Waals surface area contributed by atoms with Gasteiger partial charge in [-0.1, -0.05) is 0 Å². The zero-order valence-corrected chi connectivity index (χ0v) is 10.3. The lowest BCUT2D eigenvalue weighted by molar-refractivity contribution is -0.138. The Labute approximate surface area is 101 Å². The summed E-state index contributed by atoms with van der Waals surface area (Å²) in [6, 6.07) is 2.90. The second-order valence-corrected chi connectivity index (χ2v) is 3.97. The topological polar surface area (TPSA) is 84.6 Å². The first-order valence-corrected chi connectivity index (χ1v) is 5.33. The lowest BCUT2D eigenvalue weighted by Crippen LogP contribution is -2.36. The van der Waals surface area contributed by atoms with Crippen LogP contribution in [0.1, 0.15) is 11.1 Å². The van der Waals surface area contributed by atoms with Crippen LogP contribution in [-0.4, -0.2) is 30.8 Å². The van der Waals surface area contributed by atoms with Gasteiger partial charge in [0.2, 0.25) is 0 Å². The number of nitrogens with two attached hydrogens (primary N) is 1. The second kappa shape index (κ2) is 5.54. The Bertz CT molecular complexity index is 395. The van der Waals surface area contributed by atoms with Gasteiger partial charge in [-0.2, -0.15) is 0 Å². The van der Waals surface area contributed by atoms with Gasteiger partial charge in [0.25, 0.3) is 0 Å². The summed E-state index contributed by atoms with van der Waals surface area (Å²) in [6.07, 6.45) is 0. The van der Waals surface area contributed by atoms with E-state index in [1.54, 1.807) is 7.11 Å². The Morgan fingerprint density at radius 3 is 2.41 bits per heavy atom. The number of methoxy groups -OCH3 is 1. The Morgan fingerprint density at radius 2 is 2.00 bits per heavy atom. The van der Waals surface area contributed by atoms with E-state index in [0.29, 0.717) is 0 Å². The van der Waals surface area contributed by atoms with Crippen LogP contribution >= 0.6 is 0 Å². The van der Waals surface area contributed by atoms with E-state index in [1.165, 1.54) is 0 Å². The summed E-state index contributed by atoms with van der Waals surface area (Å²) in [4.78, 5) is 10.6. The van der Waals surface area contributed by atoms with Gasteiger partial charge >= 0.3 is 5.97 Å². The number of aryl methyl sites for hydroxylation is 2. The normalized spacial score (nSPS) is 12.0. The minimum absolute atomic E-state index is 0.195. The minimum atomic E-state index is -1.01. The second-order valence-electron chi connectivity index (χ2n) is 3.97. The first-order chi connectivity index (χ1) is 7.95. The molecule has 0 aromatic heterocycles. The maximum atomic E-state index is 10.6. The third-order valence-electron chi connectivity index (χ3n) is 2.51. The molecule has 1 aromatic rings. The summed E-state index contributed by atoms with van der Waals surface area (Å²) in [5, 5.41) is 11.7. The molecule has 0 saturated carbocycles. The number of carbonyl (C=O) groups is 1. The van der Waals surface area contributed by atoms with Gasteiger partial charge in [0.15, 0.2) is 0 Å². The average molecular weight is 238 g/mol. The van der Waals surface area contributed by atoms with Crippen LogP contribution < -0.4 is 15.8 Å². The zero-order chi connectivity index (χ0) is 13.0. The van der Waals surface area contributed by atoms with Crippen LogP contribution in [0.2, 0.25) is 0 Å². The van der Waals surface area contributed by atoms with E-state index in [9.17, 15) is 4.79 Å². The quantitative estimate of drug-likeness (QED) is 0.716. The lowest BCUT2D eigenvalue weighted by Gasteiger charge is -2.14. The maximum Gasteiger partial charge on any atom is 0.322 e. The molecule has 0 bridgehead atoms. The van der Waals surface area contributed by atoms with Crippen molar-refractivity contribution in [2.45, 2.75) is 19.9 Å². The number of nitrogens with one attached hydrogen (secondary N) is 1. The molecule has 0 spiro atoms. The number of aliphatic carboxylic acids is 1. The van der Waals surface area contributed by atoms with Gasteiger partial charge < -0.3 is 20.9 Å².